The third-order valence-electron chi connectivity index (χ3n) is 18.7. The molecule has 4 aliphatic carbocycles. The minimum absolute atomic E-state index is 0.0747. The third-order valence-corrected chi connectivity index (χ3v) is 18.7. The Kier molecular flexibility index (Phi) is 16.4. The maximum absolute atomic E-state index is 11.6. The van der Waals surface area contributed by atoms with E-state index in [-0.39, 0.29) is 48.8 Å². The molecule has 4 saturated heterocycles. The first-order valence-corrected chi connectivity index (χ1v) is 25.8. The second-order valence-corrected chi connectivity index (χ2v) is 22.8. The molecule has 402 valence electrons. The molecule has 70 heavy (non-hydrogen) atoms. The van der Waals surface area contributed by atoms with Crippen LogP contribution in [-0.2, 0) is 42.6 Å². The van der Waals surface area contributed by atoms with E-state index in [4.69, 9.17) is 42.6 Å². The highest BCUT2D eigenvalue weighted by Crippen LogP contribution is 2.70. The number of rotatable bonds is 14. The summed E-state index contributed by atoms with van der Waals surface area (Å²) in [5, 5.41) is 125. The van der Waals surface area contributed by atoms with Gasteiger partial charge in [-0.15, -0.1) is 0 Å². The van der Waals surface area contributed by atoms with Crippen LogP contribution in [0, 0.1) is 46.3 Å². The van der Waals surface area contributed by atoms with Gasteiger partial charge in [-0.2, -0.15) is 0 Å². The number of aliphatic hydroxyl groups is 12. The molecule has 21 heteroatoms. The summed E-state index contributed by atoms with van der Waals surface area (Å²) in [5.41, 5.74) is 1.53. The Morgan fingerprint density at radius 1 is 0.629 bits per heavy atom. The summed E-state index contributed by atoms with van der Waals surface area (Å²) in [6.45, 7) is 7.86. The summed E-state index contributed by atoms with van der Waals surface area (Å²) in [5.74, 6) is 3.46. The Morgan fingerprint density at radius 2 is 1.27 bits per heavy atom. The topological polar surface area (TPSA) is 326 Å². The van der Waals surface area contributed by atoms with E-state index in [0.29, 0.717) is 36.0 Å². The SMILES string of the molecule is CC1=C(CC[C@H](C)CO[C@@H]2O[C@H](CO)[C@@H](O)[C@H](O)[C@H]2O)O[C@H]2C[C@H]3[C@@H]4CC[C@@H]5C[C@@H](O[C@@H]6O[C@H](CO[C@@H]7OC[C@H](O)[C@H](O)[C@H]7O)[C@@H](O[C@@H]7OC[C@@H](O)[C@H](O)[C@H]7O)[C@H](O)[C@H]6O)CC[C@]5(C)[C@H]4CC[C@]3(C)[C@@H]12. The molecule has 9 rings (SSSR count). The van der Waals surface area contributed by atoms with E-state index >= 15 is 0 Å². The zero-order valence-corrected chi connectivity index (χ0v) is 40.7. The molecule has 0 aromatic rings. The van der Waals surface area contributed by atoms with Gasteiger partial charge in [-0.1, -0.05) is 20.8 Å². The number of aliphatic hydroxyl groups excluding tert-OH is 12. The number of ether oxygens (including phenoxy) is 9. The molecular formula is C49H80O21. The molecule has 5 heterocycles. The Hall–Kier alpha value is -1.26. The van der Waals surface area contributed by atoms with Gasteiger partial charge < -0.3 is 104 Å². The van der Waals surface area contributed by atoms with Gasteiger partial charge in [-0.3, -0.25) is 0 Å². The van der Waals surface area contributed by atoms with Crippen molar-refractivity contribution in [1.29, 1.82) is 0 Å². The predicted molar refractivity (Wildman–Crippen MR) is 238 cm³/mol. The molecule has 4 saturated carbocycles. The molecule has 12 N–H and O–H groups in total. The van der Waals surface area contributed by atoms with Gasteiger partial charge in [-0.05, 0) is 111 Å². The van der Waals surface area contributed by atoms with Gasteiger partial charge in [-0.25, -0.2) is 0 Å². The Bertz CT molecular complexity index is 1790. The highest BCUT2D eigenvalue weighted by Gasteiger charge is 2.65. The van der Waals surface area contributed by atoms with Crippen LogP contribution in [0.15, 0.2) is 11.3 Å². The van der Waals surface area contributed by atoms with Gasteiger partial charge in [0.1, 0.15) is 91.6 Å². The van der Waals surface area contributed by atoms with Crippen LogP contribution < -0.4 is 0 Å². The van der Waals surface area contributed by atoms with Crippen molar-refractivity contribution in [3.05, 3.63) is 11.3 Å². The van der Waals surface area contributed by atoms with E-state index in [2.05, 4.69) is 20.8 Å². The summed E-state index contributed by atoms with van der Waals surface area (Å²) >= 11 is 0. The molecule has 5 aliphatic heterocycles. The number of hydrogen-bond donors (Lipinski definition) is 12. The highest BCUT2D eigenvalue weighted by atomic mass is 16.8. The first kappa shape index (κ1) is 53.6. The fourth-order valence-corrected chi connectivity index (χ4v) is 14.5. The molecule has 0 amide bonds. The standard InChI is InChI=1S/C49H80O21/c1-20(16-62-45-41(60)37(56)36(55)31(15-50)68-45)5-8-29-21(2)33-30(67-29)14-26-24-7-6-22-13-23(9-11-48(22,3)25(24)10-12-49(26,33)4)66-47-42(61)38(57)43(70-46-40(59)35(54)28(52)18-64-46)32(69-47)19-65-44-39(58)34(53)27(51)17-63-44/h20,22-28,30-47,50-61H,5-19H2,1-4H3/t20-,22+,23-,24+,25-,26-,27-,28+,30-,31+,32+,33-,34-,35-,36+,37-,38+,39+,40+,41+,42+,43+,44-,45+,46-,47+,48-,49-/m0/s1. The minimum atomic E-state index is -1.71. The Balaban J connectivity index is 0.800. The van der Waals surface area contributed by atoms with Crippen molar-refractivity contribution < 1.29 is 104 Å². The van der Waals surface area contributed by atoms with E-state index in [1.165, 1.54) is 5.57 Å². The van der Waals surface area contributed by atoms with Crippen LogP contribution >= 0.6 is 0 Å². The van der Waals surface area contributed by atoms with Crippen LogP contribution in [0.2, 0.25) is 0 Å². The smallest absolute Gasteiger partial charge is 0.186 e. The fourth-order valence-electron chi connectivity index (χ4n) is 14.5. The van der Waals surface area contributed by atoms with E-state index in [0.717, 1.165) is 63.5 Å². The number of hydrogen-bond acceptors (Lipinski definition) is 21. The first-order valence-electron chi connectivity index (χ1n) is 25.8. The van der Waals surface area contributed by atoms with Gasteiger partial charge in [0.25, 0.3) is 0 Å². The zero-order valence-electron chi connectivity index (χ0n) is 40.7. The maximum Gasteiger partial charge on any atom is 0.186 e. The minimum Gasteiger partial charge on any atom is -0.494 e. The lowest BCUT2D eigenvalue weighted by Gasteiger charge is -2.61. The lowest BCUT2D eigenvalue weighted by atomic mass is 9.44. The largest absolute Gasteiger partial charge is 0.494 e. The van der Waals surface area contributed by atoms with Crippen LogP contribution in [0.3, 0.4) is 0 Å². The van der Waals surface area contributed by atoms with Gasteiger partial charge in [0, 0.05) is 12.3 Å². The zero-order chi connectivity index (χ0) is 50.1. The van der Waals surface area contributed by atoms with Crippen molar-refractivity contribution in [2.75, 3.05) is 33.0 Å². The summed E-state index contributed by atoms with van der Waals surface area (Å²) in [4.78, 5) is 0. The molecular weight excluding hydrogens is 925 g/mol. The molecule has 8 fully saturated rings. The average molecular weight is 1010 g/mol. The monoisotopic (exact) mass is 1000 g/mol. The maximum atomic E-state index is 11.6. The molecule has 0 aromatic carbocycles. The first-order chi connectivity index (χ1) is 33.2. The molecule has 21 nitrogen and oxygen atoms in total. The summed E-state index contributed by atoms with van der Waals surface area (Å²) in [7, 11) is 0. The van der Waals surface area contributed by atoms with Gasteiger partial charge in [0.15, 0.2) is 25.2 Å². The summed E-state index contributed by atoms with van der Waals surface area (Å²) in [6.07, 6.45) is -16.8. The van der Waals surface area contributed by atoms with Crippen molar-refractivity contribution in [3.63, 3.8) is 0 Å². The Morgan fingerprint density at radius 3 is 1.99 bits per heavy atom. The quantitative estimate of drug-likeness (QED) is 0.0861. The average Bonchev–Trinajstić information content (AvgIpc) is 3.83. The van der Waals surface area contributed by atoms with Crippen LogP contribution in [0.4, 0.5) is 0 Å². The number of fused-ring (bicyclic) bond motifs is 7. The van der Waals surface area contributed by atoms with Crippen molar-refractivity contribution in [3.8, 4) is 0 Å². The van der Waals surface area contributed by atoms with Crippen LogP contribution in [0.5, 0.6) is 0 Å². The second-order valence-electron chi connectivity index (χ2n) is 22.8. The van der Waals surface area contributed by atoms with Gasteiger partial charge >= 0.3 is 0 Å². The van der Waals surface area contributed by atoms with E-state index in [9.17, 15) is 61.3 Å². The van der Waals surface area contributed by atoms with E-state index in [1.54, 1.807) is 0 Å². The van der Waals surface area contributed by atoms with Crippen LogP contribution in [-0.4, -0.2) is 217 Å². The van der Waals surface area contributed by atoms with Crippen molar-refractivity contribution >= 4 is 0 Å². The molecule has 0 bridgehead atoms. The Labute approximate surface area is 408 Å². The van der Waals surface area contributed by atoms with Crippen LogP contribution in [0.1, 0.15) is 91.9 Å². The molecule has 0 radical (unpaired) electrons. The fraction of sp³-hybridized carbons (Fsp3) is 0.959. The third kappa shape index (κ3) is 9.89. The van der Waals surface area contributed by atoms with Crippen LogP contribution in [0.25, 0.3) is 0 Å². The van der Waals surface area contributed by atoms with Crippen molar-refractivity contribution in [2.24, 2.45) is 46.3 Å². The van der Waals surface area contributed by atoms with Gasteiger partial charge in [0.2, 0.25) is 0 Å². The molecule has 9 aliphatic rings. The lowest BCUT2D eigenvalue weighted by Crippen LogP contribution is -2.64. The molecule has 28 atom stereocenters. The summed E-state index contributed by atoms with van der Waals surface area (Å²) < 4.78 is 53.6. The van der Waals surface area contributed by atoms with Crippen molar-refractivity contribution in [1.82, 2.24) is 0 Å². The highest BCUT2D eigenvalue weighted by molar-refractivity contribution is 5.27. The van der Waals surface area contributed by atoms with Crippen molar-refractivity contribution in [2.45, 2.75) is 215 Å². The molecule has 0 spiro atoms. The second kappa shape index (κ2) is 21.4. The van der Waals surface area contributed by atoms with E-state index in [1.807, 2.05) is 6.92 Å². The molecule has 0 aromatic heterocycles. The van der Waals surface area contributed by atoms with Gasteiger partial charge in [0.05, 0.1) is 44.9 Å². The predicted octanol–water partition coefficient (Wildman–Crippen LogP) is -1.73. The lowest BCUT2D eigenvalue weighted by molar-refractivity contribution is -0.362. The number of allylic oxidation sites excluding steroid dienone is 1. The molecule has 0 unspecified atom stereocenters. The normalized spacial score (nSPS) is 53.1. The summed E-state index contributed by atoms with van der Waals surface area (Å²) in [6, 6.07) is 0. The van der Waals surface area contributed by atoms with E-state index < -0.39 is 124 Å².